The van der Waals surface area contributed by atoms with Crippen LogP contribution in [-0.2, 0) is 4.79 Å². The molecule has 0 aliphatic carbocycles. The molecular weight excluding hydrogens is 130 g/mol. The lowest BCUT2D eigenvalue weighted by Crippen LogP contribution is -2.08. The molecule has 0 fully saturated rings. The minimum atomic E-state index is 0.671. The standard InChI is InChI=1S/C6H11N3O/c1-7-6(3-4-10)5-9-8-2/h3-5,7-8H,1-2H3/b6-3+,9-5-. The lowest BCUT2D eigenvalue weighted by Gasteiger charge is -1.95. The summed E-state index contributed by atoms with van der Waals surface area (Å²) in [5, 5.41) is 6.48. The highest BCUT2D eigenvalue weighted by Gasteiger charge is 1.83. The molecule has 0 spiro atoms. The maximum absolute atomic E-state index is 9.94. The molecule has 0 aliphatic rings. The van der Waals surface area contributed by atoms with E-state index in [1.807, 2.05) is 0 Å². The molecule has 0 heterocycles. The molecular formula is C6H11N3O. The summed E-state index contributed by atoms with van der Waals surface area (Å²) < 4.78 is 0. The molecule has 0 saturated carbocycles. The number of allylic oxidation sites excluding steroid dienone is 2. The second-order valence-corrected chi connectivity index (χ2v) is 1.49. The quantitative estimate of drug-likeness (QED) is 0.240. The van der Waals surface area contributed by atoms with Gasteiger partial charge in [-0.25, -0.2) is 0 Å². The molecule has 0 aromatic heterocycles. The molecule has 0 saturated heterocycles. The Labute approximate surface area is 60.0 Å². The molecule has 0 aromatic rings. The number of nitrogens with one attached hydrogen (secondary N) is 2. The van der Waals surface area contributed by atoms with E-state index in [0.717, 1.165) is 0 Å². The Bertz CT molecular complexity index is 151. The minimum Gasteiger partial charge on any atom is -0.387 e. The lowest BCUT2D eigenvalue weighted by molar-refractivity contribution is -0.104. The lowest BCUT2D eigenvalue weighted by atomic mass is 10.4. The fraction of sp³-hybridized carbons (Fsp3) is 0.333. The van der Waals surface area contributed by atoms with E-state index in [-0.39, 0.29) is 0 Å². The van der Waals surface area contributed by atoms with Crippen LogP contribution in [0, 0.1) is 0 Å². The van der Waals surface area contributed by atoms with Gasteiger partial charge < -0.3 is 10.7 Å². The zero-order chi connectivity index (χ0) is 7.82. The Morgan fingerprint density at radius 3 is 2.60 bits per heavy atom. The number of hydrogen-bond acceptors (Lipinski definition) is 4. The van der Waals surface area contributed by atoms with E-state index in [1.54, 1.807) is 14.1 Å². The van der Waals surface area contributed by atoms with Gasteiger partial charge in [0, 0.05) is 20.2 Å². The SMILES string of the molecule is CN/N=C\C(=C/C=O)NC. The third kappa shape index (κ3) is 3.65. The Kier molecular flexibility index (Phi) is 5.04. The van der Waals surface area contributed by atoms with Crippen LogP contribution < -0.4 is 10.7 Å². The van der Waals surface area contributed by atoms with Crippen LogP contribution >= 0.6 is 0 Å². The average molecular weight is 141 g/mol. The van der Waals surface area contributed by atoms with Crippen molar-refractivity contribution in [1.29, 1.82) is 0 Å². The summed E-state index contributed by atoms with van der Waals surface area (Å²) >= 11 is 0. The van der Waals surface area contributed by atoms with Gasteiger partial charge in [0.1, 0.15) is 6.29 Å². The van der Waals surface area contributed by atoms with Crippen molar-refractivity contribution in [2.45, 2.75) is 0 Å². The molecule has 4 nitrogen and oxygen atoms in total. The molecule has 2 N–H and O–H groups in total. The van der Waals surface area contributed by atoms with Gasteiger partial charge in [-0.15, -0.1) is 0 Å². The number of hydrazone groups is 1. The maximum Gasteiger partial charge on any atom is 0.144 e. The zero-order valence-electron chi connectivity index (χ0n) is 6.09. The second kappa shape index (κ2) is 5.81. The molecule has 0 aliphatic heterocycles. The van der Waals surface area contributed by atoms with Crippen molar-refractivity contribution in [2.24, 2.45) is 5.10 Å². The predicted molar refractivity (Wildman–Crippen MR) is 40.8 cm³/mol. The van der Waals surface area contributed by atoms with Crippen molar-refractivity contribution in [2.75, 3.05) is 14.1 Å². The second-order valence-electron chi connectivity index (χ2n) is 1.49. The summed E-state index contributed by atoms with van der Waals surface area (Å²) in [4.78, 5) is 9.94. The van der Waals surface area contributed by atoms with Crippen LogP contribution in [0.15, 0.2) is 16.9 Å². The molecule has 10 heavy (non-hydrogen) atoms. The molecule has 0 aromatic carbocycles. The first kappa shape index (κ1) is 8.68. The average Bonchev–Trinajstić information content (AvgIpc) is 1.98. The van der Waals surface area contributed by atoms with E-state index in [4.69, 9.17) is 0 Å². The van der Waals surface area contributed by atoms with Gasteiger partial charge in [0.2, 0.25) is 0 Å². The third-order valence-electron chi connectivity index (χ3n) is 0.869. The Morgan fingerprint density at radius 2 is 2.20 bits per heavy atom. The largest absolute Gasteiger partial charge is 0.387 e. The highest BCUT2D eigenvalue weighted by molar-refractivity contribution is 5.84. The van der Waals surface area contributed by atoms with Gasteiger partial charge in [0.05, 0.1) is 11.9 Å². The van der Waals surface area contributed by atoms with Crippen LogP contribution in [-0.4, -0.2) is 26.6 Å². The summed E-state index contributed by atoms with van der Waals surface area (Å²) in [5.74, 6) is 0. The van der Waals surface area contributed by atoms with Crippen molar-refractivity contribution in [3.63, 3.8) is 0 Å². The van der Waals surface area contributed by atoms with Crippen LogP contribution in [0.2, 0.25) is 0 Å². The molecule has 0 atom stereocenters. The Balaban J connectivity index is 3.94. The summed E-state index contributed by atoms with van der Waals surface area (Å²) in [6, 6.07) is 0. The first-order valence-electron chi connectivity index (χ1n) is 2.88. The fourth-order valence-corrected chi connectivity index (χ4v) is 0.398. The van der Waals surface area contributed by atoms with E-state index in [2.05, 4.69) is 15.8 Å². The maximum atomic E-state index is 9.94. The molecule has 0 radical (unpaired) electrons. The molecule has 56 valence electrons. The number of nitrogens with zero attached hydrogens (tertiary/aromatic N) is 1. The van der Waals surface area contributed by atoms with Gasteiger partial charge in [0.15, 0.2) is 0 Å². The Morgan fingerprint density at radius 1 is 1.50 bits per heavy atom. The smallest absolute Gasteiger partial charge is 0.144 e. The first-order chi connectivity index (χ1) is 4.85. The van der Waals surface area contributed by atoms with E-state index in [1.165, 1.54) is 12.3 Å². The Hall–Kier alpha value is -1.32. The van der Waals surface area contributed by atoms with E-state index in [9.17, 15) is 4.79 Å². The van der Waals surface area contributed by atoms with Crippen molar-refractivity contribution in [1.82, 2.24) is 10.7 Å². The van der Waals surface area contributed by atoms with Crippen LogP contribution in [0.3, 0.4) is 0 Å². The number of rotatable bonds is 4. The van der Waals surface area contributed by atoms with Gasteiger partial charge in [0.25, 0.3) is 0 Å². The summed E-state index contributed by atoms with van der Waals surface area (Å²) in [6.45, 7) is 0. The minimum absolute atomic E-state index is 0.671. The predicted octanol–water partition coefficient (Wildman–Crippen LogP) is -0.506. The van der Waals surface area contributed by atoms with Gasteiger partial charge in [-0.2, -0.15) is 5.10 Å². The highest BCUT2D eigenvalue weighted by atomic mass is 16.1. The normalized spacial score (nSPS) is 11.6. The monoisotopic (exact) mass is 141 g/mol. The van der Waals surface area contributed by atoms with Crippen molar-refractivity contribution < 1.29 is 4.79 Å². The number of hydrogen-bond donors (Lipinski definition) is 2. The van der Waals surface area contributed by atoms with Gasteiger partial charge in [-0.1, -0.05) is 0 Å². The number of carbonyl (C=O) groups excluding carboxylic acids is 1. The molecule has 4 heteroatoms. The molecule has 0 amide bonds. The van der Waals surface area contributed by atoms with Gasteiger partial charge in [-0.3, -0.25) is 4.79 Å². The van der Waals surface area contributed by atoms with E-state index >= 15 is 0 Å². The van der Waals surface area contributed by atoms with Gasteiger partial charge >= 0.3 is 0 Å². The van der Waals surface area contributed by atoms with Gasteiger partial charge in [-0.05, 0) is 0 Å². The van der Waals surface area contributed by atoms with Crippen LogP contribution in [0.5, 0.6) is 0 Å². The molecule has 0 bridgehead atoms. The number of aldehydes is 1. The van der Waals surface area contributed by atoms with Crippen molar-refractivity contribution >= 4 is 12.5 Å². The van der Waals surface area contributed by atoms with Crippen molar-refractivity contribution in [3.8, 4) is 0 Å². The van der Waals surface area contributed by atoms with Crippen LogP contribution in [0.4, 0.5) is 0 Å². The molecule has 0 unspecified atom stereocenters. The summed E-state index contributed by atoms with van der Waals surface area (Å²) in [7, 11) is 3.40. The van der Waals surface area contributed by atoms with E-state index < -0.39 is 0 Å². The highest BCUT2D eigenvalue weighted by Crippen LogP contribution is 1.77. The summed E-state index contributed by atoms with van der Waals surface area (Å²) in [5.41, 5.74) is 3.23. The van der Waals surface area contributed by atoms with Crippen LogP contribution in [0.25, 0.3) is 0 Å². The van der Waals surface area contributed by atoms with Crippen molar-refractivity contribution in [3.05, 3.63) is 11.8 Å². The first-order valence-corrected chi connectivity index (χ1v) is 2.88. The topological polar surface area (TPSA) is 53.5 Å². The summed E-state index contributed by atoms with van der Waals surface area (Å²) in [6.07, 6.45) is 3.61. The fourth-order valence-electron chi connectivity index (χ4n) is 0.398. The number of carbonyl (C=O) groups is 1. The zero-order valence-corrected chi connectivity index (χ0v) is 6.09. The van der Waals surface area contributed by atoms with E-state index in [0.29, 0.717) is 12.0 Å². The molecule has 0 rings (SSSR count). The van der Waals surface area contributed by atoms with Crippen LogP contribution in [0.1, 0.15) is 0 Å². The third-order valence-corrected chi connectivity index (χ3v) is 0.869.